The van der Waals surface area contributed by atoms with Crippen LogP contribution < -0.4 is 5.32 Å². The predicted molar refractivity (Wildman–Crippen MR) is 90.3 cm³/mol. The largest absolute Gasteiger partial charge is 0.379 e. The fourth-order valence-corrected chi connectivity index (χ4v) is 2.95. The molecule has 0 aliphatic carbocycles. The van der Waals surface area contributed by atoms with Crippen molar-refractivity contribution in [2.45, 2.75) is 13.0 Å². The van der Waals surface area contributed by atoms with Gasteiger partial charge in [-0.3, -0.25) is 4.90 Å². The number of hydrogen-bond donors (Lipinski definition) is 1. The first-order chi connectivity index (χ1) is 10.8. The molecule has 118 valence electrons. The van der Waals surface area contributed by atoms with Crippen LogP contribution in [0.4, 0.5) is 0 Å². The maximum absolute atomic E-state index is 6.26. The van der Waals surface area contributed by atoms with Crippen LogP contribution in [0, 0.1) is 0 Å². The fraction of sp³-hybridized carbons (Fsp3) is 0.471. The second-order valence-electron chi connectivity index (χ2n) is 5.62. The summed E-state index contributed by atoms with van der Waals surface area (Å²) in [4.78, 5) is 6.91. The number of benzene rings is 1. The Labute approximate surface area is 136 Å². The van der Waals surface area contributed by atoms with E-state index in [0.717, 1.165) is 68.8 Å². The van der Waals surface area contributed by atoms with E-state index < -0.39 is 0 Å². The van der Waals surface area contributed by atoms with E-state index in [1.807, 2.05) is 18.2 Å². The predicted octanol–water partition coefficient (Wildman–Crippen LogP) is 2.70. The molecule has 1 saturated heterocycles. The minimum absolute atomic E-state index is 0.597. The van der Waals surface area contributed by atoms with Gasteiger partial charge in [-0.1, -0.05) is 29.8 Å². The lowest BCUT2D eigenvalue weighted by molar-refractivity contribution is 0.0374. The Morgan fingerprint density at radius 2 is 2.05 bits per heavy atom. The van der Waals surface area contributed by atoms with Gasteiger partial charge >= 0.3 is 0 Å². The van der Waals surface area contributed by atoms with E-state index in [2.05, 4.69) is 27.3 Å². The molecule has 1 aromatic heterocycles. The number of halogens is 1. The maximum Gasteiger partial charge on any atom is 0.134 e. The third kappa shape index (κ3) is 4.17. The Morgan fingerprint density at radius 3 is 2.91 bits per heavy atom. The number of aromatic nitrogens is 1. The van der Waals surface area contributed by atoms with Crippen molar-refractivity contribution in [2.24, 2.45) is 0 Å². The highest BCUT2D eigenvalue weighted by Gasteiger charge is 2.09. The van der Waals surface area contributed by atoms with Gasteiger partial charge in [0.1, 0.15) is 5.15 Å². The zero-order valence-electron chi connectivity index (χ0n) is 12.7. The Bertz CT molecular complexity index is 614. The number of para-hydroxylation sites is 1. The van der Waals surface area contributed by atoms with Gasteiger partial charge in [0.05, 0.1) is 18.7 Å². The topological polar surface area (TPSA) is 37.4 Å². The number of nitrogens with one attached hydrogen (secondary N) is 1. The number of rotatable bonds is 6. The van der Waals surface area contributed by atoms with Crippen LogP contribution in [-0.4, -0.2) is 49.3 Å². The summed E-state index contributed by atoms with van der Waals surface area (Å²) in [6.07, 6.45) is 1.14. The second-order valence-corrected chi connectivity index (χ2v) is 5.97. The van der Waals surface area contributed by atoms with E-state index in [1.165, 1.54) is 0 Å². The van der Waals surface area contributed by atoms with Gasteiger partial charge in [-0.2, -0.15) is 0 Å². The first-order valence-corrected chi connectivity index (χ1v) is 8.26. The van der Waals surface area contributed by atoms with Crippen molar-refractivity contribution in [3.8, 4) is 0 Å². The van der Waals surface area contributed by atoms with Crippen molar-refractivity contribution >= 4 is 22.5 Å². The minimum atomic E-state index is 0.597. The van der Waals surface area contributed by atoms with Crippen LogP contribution in [0.1, 0.15) is 12.0 Å². The van der Waals surface area contributed by atoms with Crippen molar-refractivity contribution in [1.82, 2.24) is 15.2 Å². The summed E-state index contributed by atoms with van der Waals surface area (Å²) >= 11 is 6.26. The molecule has 0 saturated carbocycles. The number of nitrogens with zero attached hydrogens (tertiary/aromatic N) is 2. The summed E-state index contributed by atoms with van der Waals surface area (Å²) in [5.74, 6) is 0. The summed E-state index contributed by atoms with van der Waals surface area (Å²) in [5, 5.41) is 5.20. The lowest BCUT2D eigenvalue weighted by Crippen LogP contribution is -2.37. The Hall–Kier alpha value is -1.20. The third-order valence-corrected chi connectivity index (χ3v) is 4.32. The SMILES string of the molecule is Clc1nc2ccccc2cc1CNCCCN1CCOCC1. The highest BCUT2D eigenvalue weighted by molar-refractivity contribution is 6.30. The van der Waals surface area contributed by atoms with Gasteiger partial charge in [0, 0.05) is 30.6 Å². The molecule has 0 spiro atoms. The molecule has 1 aromatic carbocycles. The maximum atomic E-state index is 6.26. The summed E-state index contributed by atoms with van der Waals surface area (Å²) in [6, 6.07) is 10.2. The molecule has 5 heteroatoms. The normalized spacial score (nSPS) is 16.2. The van der Waals surface area contributed by atoms with E-state index in [0.29, 0.717) is 5.15 Å². The average molecular weight is 320 g/mol. The van der Waals surface area contributed by atoms with Gasteiger partial charge in [-0.25, -0.2) is 4.98 Å². The molecule has 1 aliphatic heterocycles. The summed E-state index contributed by atoms with van der Waals surface area (Å²) < 4.78 is 5.35. The van der Waals surface area contributed by atoms with Gasteiger partial charge in [-0.05, 0) is 31.6 Å². The lowest BCUT2D eigenvalue weighted by atomic mass is 10.1. The molecule has 1 aliphatic rings. The van der Waals surface area contributed by atoms with E-state index in [1.54, 1.807) is 0 Å². The highest BCUT2D eigenvalue weighted by atomic mass is 35.5. The molecule has 0 atom stereocenters. The molecule has 1 fully saturated rings. The summed E-state index contributed by atoms with van der Waals surface area (Å²) in [7, 11) is 0. The van der Waals surface area contributed by atoms with Gasteiger partial charge in [0.15, 0.2) is 0 Å². The third-order valence-electron chi connectivity index (χ3n) is 4.00. The van der Waals surface area contributed by atoms with E-state index in [4.69, 9.17) is 16.3 Å². The molecule has 3 rings (SSSR count). The second kappa shape index (κ2) is 7.88. The number of ether oxygens (including phenoxy) is 1. The smallest absolute Gasteiger partial charge is 0.134 e. The Balaban J connectivity index is 1.46. The van der Waals surface area contributed by atoms with Crippen LogP contribution in [-0.2, 0) is 11.3 Å². The summed E-state index contributed by atoms with van der Waals surface area (Å²) in [6.45, 7) is 6.72. The Kier molecular flexibility index (Phi) is 5.62. The molecule has 4 nitrogen and oxygen atoms in total. The molecule has 0 bridgehead atoms. The number of hydrogen-bond acceptors (Lipinski definition) is 4. The standard InChI is InChI=1S/C17H22ClN3O/c18-17-15(12-14-4-1-2-5-16(14)20-17)13-19-6-3-7-21-8-10-22-11-9-21/h1-2,4-5,12,19H,3,6-11,13H2. The molecule has 0 amide bonds. The molecular weight excluding hydrogens is 298 g/mol. The van der Waals surface area contributed by atoms with E-state index >= 15 is 0 Å². The lowest BCUT2D eigenvalue weighted by Gasteiger charge is -2.26. The molecule has 2 aromatic rings. The van der Waals surface area contributed by atoms with Gasteiger partial charge in [-0.15, -0.1) is 0 Å². The van der Waals surface area contributed by atoms with Crippen LogP contribution in [0.2, 0.25) is 5.15 Å². The van der Waals surface area contributed by atoms with Crippen LogP contribution >= 0.6 is 11.6 Å². The fourth-order valence-electron chi connectivity index (χ4n) is 2.74. The quantitative estimate of drug-likeness (QED) is 0.656. The molecule has 0 unspecified atom stereocenters. The van der Waals surface area contributed by atoms with Crippen LogP contribution in [0.5, 0.6) is 0 Å². The van der Waals surface area contributed by atoms with Crippen LogP contribution in [0.3, 0.4) is 0 Å². The molecule has 22 heavy (non-hydrogen) atoms. The van der Waals surface area contributed by atoms with Crippen molar-refractivity contribution in [3.05, 3.63) is 41.0 Å². The van der Waals surface area contributed by atoms with Gasteiger partial charge < -0.3 is 10.1 Å². The van der Waals surface area contributed by atoms with E-state index in [9.17, 15) is 0 Å². The van der Waals surface area contributed by atoms with Crippen molar-refractivity contribution in [3.63, 3.8) is 0 Å². The minimum Gasteiger partial charge on any atom is -0.379 e. The monoisotopic (exact) mass is 319 g/mol. The van der Waals surface area contributed by atoms with Crippen molar-refractivity contribution in [2.75, 3.05) is 39.4 Å². The van der Waals surface area contributed by atoms with Gasteiger partial charge in [0.2, 0.25) is 0 Å². The Morgan fingerprint density at radius 1 is 1.23 bits per heavy atom. The highest BCUT2D eigenvalue weighted by Crippen LogP contribution is 2.20. The first kappa shape index (κ1) is 15.7. The molecule has 1 N–H and O–H groups in total. The first-order valence-electron chi connectivity index (χ1n) is 7.88. The molecule has 0 radical (unpaired) electrons. The number of morpholine rings is 1. The van der Waals surface area contributed by atoms with Crippen LogP contribution in [0.25, 0.3) is 10.9 Å². The summed E-state index contributed by atoms with van der Waals surface area (Å²) in [5.41, 5.74) is 2.01. The molecular formula is C17H22ClN3O. The van der Waals surface area contributed by atoms with Crippen LogP contribution in [0.15, 0.2) is 30.3 Å². The van der Waals surface area contributed by atoms with Gasteiger partial charge in [0.25, 0.3) is 0 Å². The zero-order chi connectivity index (χ0) is 15.2. The van der Waals surface area contributed by atoms with Crippen molar-refractivity contribution in [1.29, 1.82) is 0 Å². The number of pyridine rings is 1. The zero-order valence-corrected chi connectivity index (χ0v) is 13.5. The van der Waals surface area contributed by atoms with Crippen molar-refractivity contribution < 1.29 is 4.74 Å². The van der Waals surface area contributed by atoms with E-state index in [-0.39, 0.29) is 0 Å². The number of fused-ring (bicyclic) bond motifs is 1. The molecule has 2 heterocycles. The average Bonchev–Trinajstić information content (AvgIpc) is 2.56.